The molecule has 0 aliphatic carbocycles. The summed E-state index contributed by atoms with van der Waals surface area (Å²) in [4.78, 5) is 24.5. The summed E-state index contributed by atoms with van der Waals surface area (Å²) < 4.78 is 39.1. The second-order valence-corrected chi connectivity index (χ2v) is 6.83. The monoisotopic (exact) mass is 377 g/mol. The van der Waals surface area contributed by atoms with Crippen LogP contribution >= 0.6 is 0 Å². The number of urea groups is 1. The number of nitrogens with two attached hydrogens (primary N) is 1. The van der Waals surface area contributed by atoms with Crippen molar-refractivity contribution in [3.8, 4) is 11.4 Å². The summed E-state index contributed by atoms with van der Waals surface area (Å²) in [5, 5.41) is 0. The highest BCUT2D eigenvalue weighted by atomic mass is 19.4. The van der Waals surface area contributed by atoms with E-state index in [-0.39, 0.29) is 17.4 Å². The number of amides is 2. The second-order valence-electron chi connectivity index (χ2n) is 6.83. The molecule has 1 aromatic heterocycles. The molecule has 27 heavy (non-hydrogen) atoms. The van der Waals surface area contributed by atoms with Crippen LogP contribution in [0.3, 0.4) is 0 Å². The summed E-state index contributed by atoms with van der Waals surface area (Å²) in [7, 11) is 0. The summed E-state index contributed by atoms with van der Waals surface area (Å²) in [5.74, 6) is 0.517. The van der Waals surface area contributed by atoms with E-state index in [0.29, 0.717) is 18.1 Å². The molecule has 2 aliphatic rings. The molecule has 3 heterocycles. The highest BCUT2D eigenvalue weighted by Gasteiger charge is 2.39. The van der Waals surface area contributed by atoms with E-state index in [1.165, 1.54) is 17.0 Å². The van der Waals surface area contributed by atoms with Gasteiger partial charge in [0.25, 0.3) is 0 Å². The number of halogens is 3. The largest absolute Gasteiger partial charge is 0.416 e. The molecule has 2 bridgehead atoms. The fourth-order valence-corrected chi connectivity index (χ4v) is 3.88. The van der Waals surface area contributed by atoms with Gasteiger partial charge < -0.3 is 10.6 Å². The first-order valence-corrected chi connectivity index (χ1v) is 8.65. The van der Waals surface area contributed by atoms with E-state index in [4.69, 9.17) is 5.73 Å². The minimum atomic E-state index is -4.46. The predicted octanol–water partition coefficient (Wildman–Crippen LogP) is 3.34. The van der Waals surface area contributed by atoms with E-state index >= 15 is 0 Å². The molecule has 1 aromatic carbocycles. The number of anilines is 2. The van der Waals surface area contributed by atoms with E-state index in [9.17, 15) is 18.0 Å². The molecule has 0 spiro atoms. The number of nitrogens with zero attached hydrogens (tertiary/aromatic N) is 4. The highest BCUT2D eigenvalue weighted by Crippen LogP contribution is 2.40. The number of hydrogen-bond donors (Lipinski definition) is 1. The normalized spacial score (nSPS) is 19.0. The van der Waals surface area contributed by atoms with Gasteiger partial charge in [0.05, 0.1) is 17.3 Å². The molecule has 1 atom stereocenters. The Morgan fingerprint density at radius 1 is 1.30 bits per heavy atom. The van der Waals surface area contributed by atoms with Gasteiger partial charge in [0.15, 0.2) is 11.6 Å². The third-order valence-corrected chi connectivity index (χ3v) is 5.03. The van der Waals surface area contributed by atoms with E-state index in [2.05, 4.69) is 14.9 Å². The molecule has 1 saturated heterocycles. The smallest absolute Gasteiger partial charge is 0.365 e. The Balaban J connectivity index is 1.87. The maximum atomic E-state index is 13.0. The summed E-state index contributed by atoms with van der Waals surface area (Å²) in [6.07, 6.45) is -2.73. The molecule has 0 radical (unpaired) electrons. The lowest BCUT2D eigenvalue weighted by Gasteiger charge is -2.45. The number of carbonyl (C=O) groups is 1. The molecule has 142 valence electrons. The Labute approximate surface area is 153 Å². The van der Waals surface area contributed by atoms with Crippen LogP contribution in [-0.2, 0) is 6.18 Å². The van der Waals surface area contributed by atoms with Gasteiger partial charge in [-0.1, -0.05) is 12.1 Å². The SMILES string of the molecule is Cc1nc(-c2cccc(C(F)(F)F)c2)nc2c1N1CCCC(C1)N2C(N)=O. The topological polar surface area (TPSA) is 75.3 Å². The number of alkyl halides is 3. The third-order valence-electron chi connectivity index (χ3n) is 5.03. The van der Waals surface area contributed by atoms with Gasteiger partial charge in [-0.2, -0.15) is 13.2 Å². The van der Waals surface area contributed by atoms with Crippen LogP contribution in [0.15, 0.2) is 24.3 Å². The van der Waals surface area contributed by atoms with Crippen molar-refractivity contribution < 1.29 is 18.0 Å². The van der Waals surface area contributed by atoms with E-state index < -0.39 is 17.8 Å². The summed E-state index contributed by atoms with van der Waals surface area (Å²) >= 11 is 0. The number of carbonyl (C=O) groups excluding carboxylic acids is 1. The summed E-state index contributed by atoms with van der Waals surface area (Å²) in [6, 6.07) is 4.15. The quantitative estimate of drug-likeness (QED) is 0.827. The van der Waals surface area contributed by atoms with Gasteiger partial charge in [-0.25, -0.2) is 14.8 Å². The lowest BCUT2D eigenvalue weighted by Crippen LogP contribution is -2.56. The van der Waals surface area contributed by atoms with Gasteiger partial charge >= 0.3 is 12.2 Å². The van der Waals surface area contributed by atoms with E-state index in [1.54, 1.807) is 6.92 Å². The summed E-state index contributed by atoms with van der Waals surface area (Å²) in [5.41, 5.74) is 6.40. The molecule has 2 aromatic rings. The second kappa shape index (κ2) is 6.11. The van der Waals surface area contributed by atoms with Gasteiger partial charge in [0.2, 0.25) is 0 Å². The van der Waals surface area contributed by atoms with E-state index in [1.807, 2.05) is 0 Å². The molecule has 2 N–H and O–H groups in total. The number of rotatable bonds is 1. The van der Waals surface area contributed by atoms with Crippen molar-refractivity contribution in [3.63, 3.8) is 0 Å². The van der Waals surface area contributed by atoms with E-state index in [0.717, 1.165) is 37.2 Å². The maximum absolute atomic E-state index is 13.0. The van der Waals surface area contributed by atoms with Crippen LogP contribution in [0.25, 0.3) is 11.4 Å². The average Bonchev–Trinajstić information content (AvgIpc) is 2.60. The van der Waals surface area contributed by atoms with Crippen molar-refractivity contribution >= 4 is 17.5 Å². The maximum Gasteiger partial charge on any atom is 0.416 e. The highest BCUT2D eigenvalue weighted by molar-refractivity contribution is 5.96. The molecule has 6 nitrogen and oxygen atoms in total. The van der Waals surface area contributed by atoms with Gasteiger partial charge in [-0.05, 0) is 31.9 Å². The molecule has 0 saturated carbocycles. The number of hydrogen-bond acceptors (Lipinski definition) is 4. The van der Waals surface area contributed by atoms with Crippen molar-refractivity contribution in [1.29, 1.82) is 0 Å². The number of fused-ring (bicyclic) bond motifs is 4. The van der Waals surface area contributed by atoms with Gasteiger partial charge in [0.1, 0.15) is 5.69 Å². The molecule has 2 aliphatic heterocycles. The minimum Gasteiger partial charge on any atom is -0.365 e. The first kappa shape index (κ1) is 17.6. The van der Waals surface area contributed by atoms with Crippen molar-refractivity contribution in [2.75, 3.05) is 22.9 Å². The molecular formula is C18H18F3N5O. The van der Waals surface area contributed by atoms with Crippen LogP contribution < -0.4 is 15.5 Å². The zero-order valence-electron chi connectivity index (χ0n) is 14.6. The van der Waals surface area contributed by atoms with Gasteiger partial charge in [0, 0.05) is 18.7 Å². The molecule has 4 rings (SSSR count). The zero-order valence-corrected chi connectivity index (χ0v) is 14.6. The Morgan fingerprint density at radius 2 is 2.07 bits per heavy atom. The zero-order chi connectivity index (χ0) is 19.3. The molecule has 2 amide bonds. The summed E-state index contributed by atoms with van der Waals surface area (Å²) in [6.45, 7) is 3.25. The molecule has 1 unspecified atom stereocenters. The fraction of sp³-hybridized carbons (Fsp3) is 0.389. The fourth-order valence-electron chi connectivity index (χ4n) is 3.88. The van der Waals surface area contributed by atoms with Crippen LogP contribution in [0.5, 0.6) is 0 Å². The third kappa shape index (κ3) is 2.96. The number of benzene rings is 1. The van der Waals surface area contributed by atoms with Crippen LogP contribution in [0.2, 0.25) is 0 Å². The predicted molar refractivity (Wildman–Crippen MR) is 94.5 cm³/mol. The van der Waals surface area contributed by atoms with Gasteiger partial charge in [-0.15, -0.1) is 0 Å². The van der Waals surface area contributed by atoms with Crippen molar-refractivity contribution in [3.05, 3.63) is 35.5 Å². The molecular weight excluding hydrogens is 359 g/mol. The van der Waals surface area contributed by atoms with Crippen LogP contribution in [-0.4, -0.2) is 35.1 Å². The van der Waals surface area contributed by atoms with Crippen molar-refractivity contribution in [2.24, 2.45) is 5.73 Å². The standard InChI is InChI=1S/C18H18F3N5O/c1-10-14-16(26(17(22)27)13-6-3-7-25(14)9-13)24-15(23-10)11-4-2-5-12(8-11)18(19,20)21/h2,4-5,8,13H,3,6-7,9H2,1H3,(H2,22,27). The molecule has 9 heteroatoms. The molecule has 1 fully saturated rings. The first-order valence-electron chi connectivity index (χ1n) is 8.65. The minimum absolute atomic E-state index is 0.0904. The average molecular weight is 377 g/mol. The van der Waals surface area contributed by atoms with Crippen molar-refractivity contribution in [1.82, 2.24) is 9.97 Å². The lowest BCUT2D eigenvalue weighted by molar-refractivity contribution is -0.137. The number of aromatic nitrogens is 2. The Hall–Kier alpha value is -2.84. The lowest BCUT2D eigenvalue weighted by atomic mass is 9.99. The van der Waals surface area contributed by atoms with Crippen molar-refractivity contribution in [2.45, 2.75) is 32.0 Å². The van der Waals surface area contributed by atoms with Crippen LogP contribution in [0, 0.1) is 6.92 Å². The number of piperidine rings is 1. The first-order chi connectivity index (χ1) is 12.8. The Morgan fingerprint density at radius 3 is 2.78 bits per heavy atom. The van der Waals surface area contributed by atoms with Crippen LogP contribution in [0.1, 0.15) is 24.1 Å². The number of primary amides is 1. The van der Waals surface area contributed by atoms with Crippen LogP contribution in [0.4, 0.5) is 29.5 Å². The van der Waals surface area contributed by atoms with Gasteiger partial charge in [-0.3, -0.25) is 4.90 Å². The Bertz CT molecular complexity index is 914. The number of aryl methyl sites for hydroxylation is 1. The Kier molecular flexibility index (Phi) is 3.97.